The van der Waals surface area contributed by atoms with Gasteiger partial charge in [-0.3, -0.25) is 4.90 Å². The van der Waals surface area contributed by atoms with Gasteiger partial charge in [0.25, 0.3) is 0 Å². The predicted octanol–water partition coefficient (Wildman–Crippen LogP) is 5.41. The van der Waals surface area contributed by atoms with Crippen LogP contribution in [0.5, 0.6) is 0 Å². The summed E-state index contributed by atoms with van der Waals surface area (Å²) in [5.74, 6) is 0.544. The van der Waals surface area contributed by atoms with Gasteiger partial charge in [0, 0.05) is 36.4 Å². The molecular formula is C22H28ClN3S. The SMILES string of the molecule is CC(C)c1ccc(NC(=S)NC2CCN(Cc3ccc(Cl)cc3)CC2)cc1. The fourth-order valence-corrected chi connectivity index (χ4v) is 3.80. The van der Waals surface area contributed by atoms with Crippen molar-refractivity contribution in [3.8, 4) is 0 Å². The number of benzene rings is 2. The molecule has 3 rings (SSSR count). The molecule has 0 radical (unpaired) electrons. The fraction of sp³-hybridized carbons (Fsp3) is 0.409. The highest BCUT2D eigenvalue weighted by atomic mass is 35.5. The van der Waals surface area contributed by atoms with Crippen LogP contribution in [0, 0.1) is 0 Å². The van der Waals surface area contributed by atoms with Crippen LogP contribution in [-0.4, -0.2) is 29.1 Å². The number of halogens is 1. The van der Waals surface area contributed by atoms with Gasteiger partial charge in [-0.2, -0.15) is 0 Å². The molecule has 0 aliphatic carbocycles. The number of anilines is 1. The highest BCUT2D eigenvalue weighted by Gasteiger charge is 2.19. The maximum absolute atomic E-state index is 5.96. The van der Waals surface area contributed by atoms with Crippen molar-refractivity contribution in [2.45, 2.75) is 45.2 Å². The highest BCUT2D eigenvalue weighted by Crippen LogP contribution is 2.18. The van der Waals surface area contributed by atoms with Crippen molar-refractivity contribution in [1.29, 1.82) is 0 Å². The second kappa shape index (κ2) is 9.54. The van der Waals surface area contributed by atoms with E-state index in [9.17, 15) is 0 Å². The molecule has 3 nitrogen and oxygen atoms in total. The van der Waals surface area contributed by atoms with E-state index in [2.05, 4.69) is 65.8 Å². The van der Waals surface area contributed by atoms with E-state index in [1.807, 2.05) is 12.1 Å². The van der Waals surface area contributed by atoms with Gasteiger partial charge < -0.3 is 10.6 Å². The van der Waals surface area contributed by atoms with E-state index in [1.54, 1.807) is 0 Å². The van der Waals surface area contributed by atoms with Crippen LogP contribution in [-0.2, 0) is 6.54 Å². The van der Waals surface area contributed by atoms with Crippen molar-refractivity contribution in [1.82, 2.24) is 10.2 Å². The quantitative estimate of drug-likeness (QED) is 0.654. The van der Waals surface area contributed by atoms with Gasteiger partial charge in [-0.1, -0.05) is 49.7 Å². The van der Waals surface area contributed by atoms with Crippen LogP contribution in [0.1, 0.15) is 43.7 Å². The Labute approximate surface area is 173 Å². The summed E-state index contributed by atoms with van der Waals surface area (Å²) < 4.78 is 0. The molecule has 0 aromatic heterocycles. The molecule has 0 atom stereocenters. The third kappa shape index (κ3) is 6.20. The van der Waals surface area contributed by atoms with E-state index in [4.69, 9.17) is 23.8 Å². The monoisotopic (exact) mass is 401 g/mol. The minimum Gasteiger partial charge on any atom is -0.360 e. The molecule has 0 amide bonds. The first-order valence-electron chi connectivity index (χ1n) is 9.64. The number of hydrogen-bond acceptors (Lipinski definition) is 2. The number of nitrogens with zero attached hydrogens (tertiary/aromatic N) is 1. The number of nitrogens with one attached hydrogen (secondary N) is 2. The summed E-state index contributed by atoms with van der Waals surface area (Å²) in [7, 11) is 0. The van der Waals surface area contributed by atoms with Crippen LogP contribution in [0.25, 0.3) is 0 Å². The molecular weight excluding hydrogens is 374 g/mol. The van der Waals surface area contributed by atoms with Crippen molar-refractivity contribution < 1.29 is 0 Å². The number of rotatable bonds is 5. The smallest absolute Gasteiger partial charge is 0.170 e. The number of piperidine rings is 1. The molecule has 5 heteroatoms. The molecule has 1 aliphatic rings. The van der Waals surface area contributed by atoms with E-state index in [-0.39, 0.29) is 0 Å². The summed E-state index contributed by atoms with van der Waals surface area (Å²) in [4.78, 5) is 2.49. The summed E-state index contributed by atoms with van der Waals surface area (Å²) in [6, 6.07) is 17.1. The van der Waals surface area contributed by atoms with Gasteiger partial charge in [0.15, 0.2) is 5.11 Å². The number of hydrogen-bond donors (Lipinski definition) is 2. The Balaban J connectivity index is 1.41. The molecule has 2 aromatic rings. The summed E-state index contributed by atoms with van der Waals surface area (Å²) in [6.07, 6.45) is 2.20. The van der Waals surface area contributed by atoms with Crippen molar-refractivity contribution in [2.24, 2.45) is 0 Å². The standard InChI is InChI=1S/C22H28ClN3S/c1-16(2)18-5-9-20(10-6-18)24-22(27)25-21-11-13-26(14-12-21)15-17-3-7-19(23)8-4-17/h3-10,16,21H,11-15H2,1-2H3,(H2,24,25,27). The van der Waals surface area contributed by atoms with E-state index >= 15 is 0 Å². The maximum atomic E-state index is 5.96. The summed E-state index contributed by atoms with van der Waals surface area (Å²) in [5.41, 5.74) is 3.69. The lowest BCUT2D eigenvalue weighted by atomic mass is 10.0. The average molecular weight is 402 g/mol. The minimum atomic E-state index is 0.432. The molecule has 27 heavy (non-hydrogen) atoms. The molecule has 1 heterocycles. The molecule has 0 unspecified atom stereocenters. The summed E-state index contributed by atoms with van der Waals surface area (Å²) in [5, 5.41) is 8.28. The van der Waals surface area contributed by atoms with Crippen LogP contribution in [0.15, 0.2) is 48.5 Å². The van der Waals surface area contributed by atoms with Gasteiger partial charge in [0.05, 0.1) is 0 Å². The Morgan fingerprint density at radius 3 is 2.30 bits per heavy atom. The first kappa shape index (κ1) is 20.1. The fourth-order valence-electron chi connectivity index (χ4n) is 3.39. The van der Waals surface area contributed by atoms with E-state index < -0.39 is 0 Å². The number of thiocarbonyl (C=S) groups is 1. The van der Waals surface area contributed by atoms with Gasteiger partial charge >= 0.3 is 0 Å². The van der Waals surface area contributed by atoms with Gasteiger partial charge in [-0.25, -0.2) is 0 Å². The molecule has 0 saturated carbocycles. The van der Waals surface area contributed by atoms with E-state index in [0.717, 1.165) is 43.2 Å². The minimum absolute atomic E-state index is 0.432. The second-order valence-corrected chi connectivity index (χ2v) is 8.40. The van der Waals surface area contributed by atoms with Crippen LogP contribution >= 0.6 is 23.8 Å². The molecule has 144 valence electrons. The maximum Gasteiger partial charge on any atom is 0.170 e. The highest BCUT2D eigenvalue weighted by molar-refractivity contribution is 7.80. The van der Waals surface area contributed by atoms with Crippen molar-refractivity contribution in [2.75, 3.05) is 18.4 Å². The Kier molecular flexibility index (Phi) is 7.11. The normalized spacial score (nSPS) is 15.7. The second-order valence-electron chi connectivity index (χ2n) is 7.55. The largest absolute Gasteiger partial charge is 0.360 e. The Morgan fingerprint density at radius 1 is 1.07 bits per heavy atom. The van der Waals surface area contributed by atoms with Crippen molar-refractivity contribution in [3.05, 3.63) is 64.7 Å². The Bertz CT molecular complexity index is 735. The molecule has 1 saturated heterocycles. The average Bonchev–Trinajstić information content (AvgIpc) is 2.65. The Morgan fingerprint density at radius 2 is 1.70 bits per heavy atom. The third-order valence-electron chi connectivity index (χ3n) is 5.08. The van der Waals surface area contributed by atoms with Crippen molar-refractivity contribution >= 4 is 34.6 Å². The Hall–Kier alpha value is -1.62. The van der Waals surface area contributed by atoms with Gasteiger partial charge in [-0.05, 0) is 66.4 Å². The third-order valence-corrected chi connectivity index (χ3v) is 5.55. The lowest BCUT2D eigenvalue weighted by molar-refractivity contribution is 0.199. The van der Waals surface area contributed by atoms with E-state index in [0.29, 0.717) is 17.1 Å². The van der Waals surface area contributed by atoms with Crippen LogP contribution < -0.4 is 10.6 Å². The summed E-state index contributed by atoms with van der Waals surface area (Å²) in [6.45, 7) is 7.54. The molecule has 2 aromatic carbocycles. The molecule has 2 N–H and O–H groups in total. The number of likely N-dealkylation sites (tertiary alicyclic amines) is 1. The van der Waals surface area contributed by atoms with E-state index in [1.165, 1.54) is 11.1 Å². The zero-order valence-corrected chi connectivity index (χ0v) is 17.6. The predicted molar refractivity (Wildman–Crippen MR) is 120 cm³/mol. The zero-order valence-electron chi connectivity index (χ0n) is 16.0. The first-order chi connectivity index (χ1) is 13.0. The van der Waals surface area contributed by atoms with Crippen molar-refractivity contribution in [3.63, 3.8) is 0 Å². The first-order valence-corrected chi connectivity index (χ1v) is 10.4. The van der Waals surface area contributed by atoms with Gasteiger partial charge in [0.1, 0.15) is 0 Å². The summed E-state index contributed by atoms with van der Waals surface area (Å²) >= 11 is 11.5. The molecule has 0 spiro atoms. The van der Waals surface area contributed by atoms with Gasteiger partial charge in [0.2, 0.25) is 0 Å². The lowest BCUT2D eigenvalue weighted by Gasteiger charge is -2.33. The molecule has 0 bridgehead atoms. The van der Waals surface area contributed by atoms with Crippen LogP contribution in [0.2, 0.25) is 5.02 Å². The van der Waals surface area contributed by atoms with Crippen LogP contribution in [0.3, 0.4) is 0 Å². The zero-order chi connectivity index (χ0) is 19.2. The molecule has 1 fully saturated rings. The lowest BCUT2D eigenvalue weighted by Crippen LogP contribution is -2.45. The van der Waals surface area contributed by atoms with Crippen LogP contribution in [0.4, 0.5) is 5.69 Å². The van der Waals surface area contributed by atoms with Gasteiger partial charge in [-0.15, -0.1) is 0 Å². The molecule has 1 aliphatic heterocycles. The topological polar surface area (TPSA) is 27.3 Å².